The monoisotopic (exact) mass is 264 g/mol. The fourth-order valence-electron chi connectivity index (χ4n) is 2.15. The van der Waals surface area contributed by atoms with Crippen molar-refractivity contribution < 1.29 is 5.11 Å². The molecule has 2 N–H and O–H groups in total. The molecule has 2 atom stereocenters. The lowest BCUT2D eigenvalue weighted by molar-refractivity contribution is 0.115. The molecule has 0 heterocycles. The van der Waals surface area contributed by atoms with Gasteiger partial charge in [0.2, 0.25) is 0 Å². The number of aliphatic hydroxyl groups excluding tert-OH is 1. The van der Waals surface area contributed by atoms with E-state index in [2.05, 4.69) is 69.3 Å². The number of para-hydroxylation sites is 1. The minimum Gasteiger partial charge on any atom is -0.393 e. The quantitative estimate of drug-likeness (QED) is 0.795. The molecule has 0 amide bonds. The van der Waals surface area contributed by atoms with Crippen molar-refractivity contribution in [2.75, 3.05) is 25.5 Å². The lowest BCUT2D eigenvalue weighted by atomic mass is 10.0. The summed E-state index contributed by atoms with van der Waals surface area (Å²) in [6, 6.07) is 8.72. The molecule has 0 aliphatic rings. The maximum Gasteiger partial charge on any atom is 0.0575 e. The number of nitrogens with one attached hydrogen (secondary N) is 1. The first-order valence-electron chi connectivity index (χ1n) is 7.11. The van der Waals surface area contributed by atoms with E-state index in [1.165, 1.54) is 11.3 Å². The molecule has 2 unspecified atom stereocenters. The predicted molar refractivity (Wildman–Crippen MR) is 82.6 cm³/mol. The van der Waals surface area contributed by atoms with E-state index in [0.717, 1.165) is 13.0 Å². The van der Waals surface area contributed by atoms with Gasteiger partial charge < -0.3 is 15.3 Å². The predicted octanol–water partition coefficient (Wildman–Crippen LogP) is 2.81. The topological polar surface area (TPSA) is 35.5 Å². The minimum absolute atomic E-state index is 0.219. The van der Waals surface area contributed by atoms with Gasteiger partial charge in [-0.2, -0.15) is 0 Å². The summed E-state index contributed by atoms with van der Waals surface area (Å²) in [6.07, 6.45) is 0.579. The highest BCUT2D eigenvalue weighted by atomic mass is 16.3. The third-order valence-electron chi connectivity index (χ3n) is 3.55. The minimum atomic E-state index is -0.219. The van der Waals surface area contributed by atoms with Crippen molar-refractivity contribution in [1.82, 2.24) is 5.32 Å². The van der Waals surface area contributed by atoms with Gasteiger partial charge in [0, 0.05) is 25.8 Å². The summed E-state index contributed by atoms with van der Waals surface area (Å²) in [7, 11) is 4.13. The summed E-state index contributed by atoms with van der Waals surface area (Å²) in [5, 5.41) is 13.3. The Labute approximate surface area is 117 Å². The molecular formula is C16H28N2O. The first kappa shape index (κ1) is 16.0. The molecule has 3 nitrogen and oxygen atoms in total. The molecule has 19 heavy (non-hydrogen) atoms. The van der Waals surface area contributed by atoms with Gasteiger partial charge in [-0.15, -0.1) is 0 Å². The highest BCUT2D eigenvalue weighted by Crippen LogP contribution is 2.24. The normalized spacial score (nSPS) is 14.5. The van der Waals surface area contributed by atoms with E-state index in [4.69, 9.17) is 0 Å². The zero-order chi connectivity index (χ0) is 14.4. The van der Waals surface area contributed by atoms with Crippen LogP contribution >= 0.6 is 0 Å². The van der Waals surface area contributed by atoms with E-state index in [0.29, 0.717) is 5.92 Å². The Morgan fingerprint density at radius 1 is 1.16 bits per heavy atom. The van der Waals surface area contributed by atoms with Crippen LogP contribution in [-0.2, 0) is 0 Å². The van der Waals surface area contributed by atoms with Crippen LogP contribution in [0.5, 0.6) is 0 Å². The van der Waals surface area contributed by atoms with E-state index in [1.54, 1.807) is 0 Å². The van der Waals surface area contributed by atoms with Crippen molar-refractivity contribution in [3.63, 3.8) is 0 Å². The molecule has 1 rings (SSSR count). The highest BCUT2D eigenvalue weighted by molar-refractivity contribution is 5.53. The number of anilines is 1. The Bertz CT molecular complexity index is 377. The van der Waals surface area contributed by atoms with Crippen molar-refractivity contribution in [2.45, 2.75) is 39.3 Å². The Morgan fingerprint density at radius 2 is 1.79 bits per heavy atom. The van der Waals surface area contributed by atoms with Crippen molar-refractivity contribution in [1.29, 1.82) is 0 Å². The Balaban J connectivity index is 2.56. The largest absolute Gasteiger partial charge is 0.393 e. The lowest BCUT2D eigenvalue weighted by Gasteiger charge is -2.23. The van der Waals surface area contributed by atoms with E-state index >= 15 is 0 Å². The average molecular weight is 264 g/mol. The number of hydrogen-bond donors (Lipinski definition) is 2. The fourth-order valence-corrected chi connectivity index (χ4v) is 2.15. The number of benzene rings is 1. The Morgan fingerprint density at radius 3 is 2.37 bits per heavy atom. The van der Waals surface area contributed by atoms with Gasteiger partial charge >= 0.3 is 0 Å². The molecule has 1 aromatic carbocycles. The first-order chi connectivity index (χ1) is 8.93. The van der Waals surface area contributed by atoms with Crippen LogP contribution in [0.25, 0.3) is 0 Å². The van der Waals surface area contributed by atoms with Gasteiger partial charge in [0.1, 0.15) is 0 Å². The second kappa shape index (κ2) is 7.51. The molecular weight excluding hydrogens is 236 g/mol. The van der Waals surface area contributed by atoms with E-state index < -0.39 is 0 Å². The SMILES string of the molecule is CC(NCCC(O)C(C)C)c1ccccc1N(C)C. The molecule has 3 heteroatoms. The van der Waals surface area contributed by atoms with Gasteiger partial charge in [0.25, 0.3) is 0 Å². The number of rotatable bonds is 7. The van der Waals surface area contributed by atoms with Crippen LogP contribution in [-0.4, -0.2) is 31.9 Å². The van der Waals surface area contributed by atoms with Gasteiger partial charge in [-0.3, -0.25) is 0 Å². The standard InChI is InChI=1S/C16H28N2O/c1-12(2)16(19)10-11-17-13(3)14-8-6-7-9-15(14)18(4)5/h6-9,12-13,16-17,19H,10-11H2,1-5H3. The summed E-state index contributed by atoms with van der Waals surface area (Å²) < 4.78 is 0. The van der Waals surface area contributed by atoms with Gasteiger partial charge in [0.15, 0.2) is 0 Å². The van der Waals surface area contributed by atoms with Gasteiger partial charge in [-0.25, -0.2) is 0 Å². The Hall–Kier alpha value is -1.06. The molecule has 0 spiro atoms. The highest BCUT2D eigenvalue weighted by Gasteiger charge is 2.13. The molecule has 0 bridgehead atoms. The van der Waals surface area contributed by atoms with E-state index in [1.807, 2.05) is 0 Å². The summed E-state index contributed by atoms with van der Waals surface area (Å²) in [5.41, 5.74) is 2.54. The Kier molecular flexibility index (Phi) is 6.32. The third kappa shape index (κ3) is 4.84. The third-order valence-corrected chi connectivity index (χ3v) is 3.55. The van der Waals surface area contributed by atoms with Crippen molar-refractivity contribution in [2.24, 2.45) is 5.92 Å². The van der Waals surface area contributed by atoms with E-state index in [9.17, 15) is 5.11 Å². The lowest BCUT2D eigenvalue weighted by Crippen LogP contribution is -2.26. The van der Waals surface area contributed by atoms with Crippen LogP contribution < -0.4 is 10.2 Å². The maximum atomic E-state index is 9.80. The van der Waals surface area contributed by atoms with Gasteiger partial charge in [-0.1, -0.05) is 32.0 Å². The molecule has 0 fully saturated rings. The van der Waals surface area contributed by atoms with Crippen LogP contribution in [0.3, 0.4) is 0 Å². The van der Waals surface area contributed by atoms with Crippen LogP contribution in [0.15, 0.2) is 24.3 Å². The van der Waals surface area contributed by atoms with Crippen molar-refractivity contribution in [3.8, 4) is 0 Å². The zero-order valence-electron chi connectivity index (χ0n) is 12.9. The zero-order valence-corrected chi connectivity index (χ0v) is 12.9. The second-order valence-corrected chi connectivity index (χ2v) is 5.73. The molecule has 1 aromatic rings. The molecule has 0 aliphatic heterocycles. The molecule has 0 aromatic heterocycles. The first-order valence-corrected chi connectivity index (χ1v) is 7.11. The van der Waals surface area contributed by atoms with Gasteiger partial charge in [0.05, 0.1) is 6.10 Å². The van der Waals surface area contributed by atoms with Gasteiger partial charge in [-0.05, 0) is 37.4 Å². The molecule has 0 saturated carbocycles. The molecule has 0 aliphatic carbocycles. The number of nitrogens with zero attached hydrogens (tertiary/aromatic N) is 1. The van der Waals surface area contributed by atoms with Crippen LogP contribution in [0.1, 0.15) is 38.8 Å². The average Bonchev–Trinajstić information content (AvgIpc) is 2.38. The fraction of sp³-hybridized carbons (Fsp3) is 0.625. The van der Waals surface area contributed by atoms with E-state index in [-0.39, 0.29) is 12.1 Å². The molecule has 0 saturated heterocycles. The summed E-state index contributed by atoms with van der Waals surface area (Å²) in [6.45, 7) is 7.11. The van der Waals surface area contributed by atoms with Crippen LogP contribution in [0.2, 0.25) is 0 Å². The summed E-state index contributed by atoms with van der Waals surface area (Å²) in [5.74, 6) is 0.325. The van der Waals surface area contributed by atoms with Crippen LogP contribution in [0.4, 0.5) is 5.69 Å². The van der Waals surface area contributed by atoms with Crippen molar-refractivity contribution in [3.05, 3.63) is 29.8 Å². The van der Waals surface area contributed by atoms with Crippen LogP contribution in [0, 0.1) is 5.92 Å². The number of hydrogen-bond acceptors (Lipinski definition) is 3. The summed E-state index contributed by atoms with van der Waals surface area (Å²) in [4.78, 5) is 2.14. The van der Waals surface area contributed by atoms with Crippen molar-refractivity contribution >= 4 is 5.69 Å². The summed E-state index contributed by atoms with van der Waals surface area (Å²) >= 11 is 0. The smallest absolute Gasteiger partial charge is 0.0575 e. The number of aliphatic hydroxyl groups is 1. The molecule has 108 valence electrons. The maximum absolute atomic E-state index is 9.80. The molecule has 0 radical (unpaired) electrons. The second-order valence-electron chi connectivity index (χ2n) is 5.73.